The first kappa shape index (κ1) is 18.0. The van der Waals surface area contributed by atoms with Crippen LogP contribution < -0.4 is 15.0 Å². The molecule has 2 amide bonds. The minimum Gasteiger partial charge on any atom is -0.481 e. The molecule has 1 saturated heterocycles. The van der Waals surface area contributed by atoms with Crippen molar-refractivity contribution in [1.29, 1.82) is 0 Å². The van der Waals surface area contributed by atoms with E-state index in [-0.39, 0.29) is 11.8 Å². The van der Waals surface area contributed by atoms with Crippen molar-refractivity contribution in [2.45, 2.75) is 25.9 Å². The Morgan fingerprint density at radius 1 is 1.04 bits per heavy atom. The second-order valence-electron chi connectivity index (χ2n) is 6.95. The highest BCUT2D eigenvalue weighted by Gasteiger charge is 2.21. The molecule has 0 aliphatic carbocycles. The van der Waals surface area contributed by atoms with Crippen molar-refractivity contribution >= 4 is 34.0 Å². The molecule has 142 valence electrons. The number of amides is 2. The predicted molar refractivity (Wildman–Crippen MR) is 111 cm³/mol. The Labute approximate surface area is 163 Å². The molecule has 1 atom stereocenters. The largest absolute Gasteiger partial charge is 0.481 e. The SMILES string of the molecule is C[C@H](Oc1ccc2ccccc2c1)C(=O)Nc1ccc(N2CCCC2=O)cc1. The second-order valence-corrected chi connectivity index (χ2v) is 6.95. The highest BCUT2D eigenvalue weighted by molar-refractivity contribution is 5.97. The Bertz CT molecular complexity index is 1010. The van der Waals surface area contributed by atoms with Crippen LogP contribution in [-0.2, 0) is 9.59 Å². The zero-order chi connectivity index (χ0) is 19.5. The van der Waals surface area contributed by atoms with Gasteiger partial charge in [0.1, 0.15) is 5.75 Å². The molecule has 0 saturated carbocycles. The predicted octanol–water partition coefficient (Wildman–Crippen LogP) is 4.37. The third kappa shape index (κ3) is 3.83. The number of anilines is 2. The zero-order valence-corrected chi connectivity index (χ0v) is 15.7. The first-order valence-electron chi connectivity index (χ1n) is 9.47. The average molecular weight is 374 g/mol. The molecule has 0 radical (unpaired) electrons. The van der Waals surface area contributed by atoms with E-state index < -0.39 is 6.10 Å². The van der Waals surface area contributed by atoms with Crippen LogP contribution in [0.4, 0.5) is 11.4 Å². The van der Waals surface area contributed by atoms with Crippen LogP contribution in [0.1, 0.15) is 19.8 Å². The second kappa shape index (κ2) is 7.72. The lowest BCUT2D eigenvalue weighted by Gasteiger charge is -2.17. The van der Waals surface area contributed by atoms with Gasteiger partial charge in [0, 0.05) is 24.3 Å². The van der Waals surface area contributed by atoms with Gasteiger partial charge in [-0.25, -0.2) is 0 Å². The topological polar surface area (TPSA) is 58.6 Å². The lowest BCUT2D eigenvalue weighted by molar-refractivity contribution is -0.122. The number of rotatable bonds is 5. The van der Waals surface area contributed by atoms with Crippen LogP contribution in [0, 0.1) is 0 Å². The lowest BCUT2D eigenvalue weighted by Crippen LogP contribution is -2.30. The lowest BCUT2D eigenvalue weighted by atomic mass is 10.1. The number of benzene rings is 3. The van der Waals surface area contributed by atoms with Crippen molar-refractivity contribution < 1.29 is 14.3 Å². The van der Waals surface area contributed by atoms with Crippen LogP contribution in [0.15, 0.2) is 66.7 Å². The van der Waals surface area contributed by atoms with Gasteiger partial charge in [-0.15, -0.1) is 0 Å². The minimum atomic E-state index is -0.638. The van der Waals surface area contributed by atoms with Gasteiger partial charge in [0.2, 0.25) is 5.91 Å². The summed E-state index contributed by atoms with van der Waals surface area (Å²) in [6.07, 6.45) is 0.851. The Morgan fingerprint density at radius 3 is 2.50 bits per heavy atom. The van der Waals surface area contributed by atoms with E-state index in [9.17, 15) is 9.59 Å². The maximum atomic E-state index is 12.5. The van der Waals surface area contributed by atoms with Crippen LogP contribution >= 0.6 is 0 Å². The third-order valence-electron chi connectivity index (χ3n) is 4.92. The van der Waals surface area contributed by atoms with Gasteiger partial charge >= 0.3 is 0 Å². The third-order valence-corrected chi connectivity index (χ3v) is 4.92. The van der Waals surface area contributed by atoms with Crippen molar-refractivity contribution in [3.63, 3.8) is 0 Å². The molecule has 0 spiro atoms. The van der Waals surface area contributed by atoms with Gasteiger partial charge in [0.05, 0.1) is 0 Å². The molecule has 0 aromatic heterocycles. The molecule has 28 heavy (non-hydrogen) atoms. The van der Waals surface area contributed by atoms with Crippen LogP contribution in [0.3, 0.4) is 0 Å². The summed E-state index contributed by atoms with van der Waals surface area (Å²) < 4.78 is 5.81. The summed E-state index contributed by atoms with van der Waals surface area (Å²) >= 11 is 0. The van der Waals surface area contributed by atoms with E-state index in [0.717, 1.165) is 29.4 Å². The van der Waals surface area contributed by atoms with Crippen molar-refractivity contribution in [2.75, 3.05) is 16.8 Å². The molecule has 0 unspecified atom stereocenters. The van der Waals surface area contributed by atoms with Crippen molar-refractivity contribution in [3.8, 4) is 5.75 Å². The van der Waals surface area contributed by atoms with Crippen LogP contribution in [0.25, 0.3) is 10.8 Å². The molecule has 5 heteroatoms. The highest BCUT2D eigenvalue weighted by Crippen LogP contribution is 2.24. The number of carbonyl (C=O) groups is 2. The molecule has 3 aromatic carbocycles. The summed E-state index contributed by atoms with van der Waals surface area (Å²) in [5.74, 6) is 0.580. The number of ether oxygens (including phenoxy) is 1. The van der Waals surface area contributed by atoms with Gasteiger partial charge in [-0.2, -0.15) is 0 Å². The average Bonchev–Trinajstić information content (AvgIpc) is 3.14. The fourth-order valence-electron chi connectivity index (χ4n) is 3.39. The maximum absolute atomic E-state index is 12.5. The number of nitrogens with one attached hydrogen (secondary N) is 1. The standard InChI is InChI=1S/C23H22N2O3/c1-16(28-21-13-8-17-5-2-3-6-18(17)15-21)23(27)24-19-9-11-20(12-10-19)25-14-4-7-22(25)26/h2-3,5-6,8-13,15-16H,4,7,14H2,1H3,(H,24,27)/t16-/m0/s1. The van der Waals surface area contributed by atoms with Crippen molar-refractivity contribution in [2.24, 2.45) is 0 Å². The fraction of sp³-hybridized carbons (Fsp3) is 0.217. The molecule has 5 nitrogen and oxygen atoms in total. The van der Waals surface area contributed by atoms with Crippen molar-refractivity contribution in [1.82, 2.24) is 0 Å². The van der Waals surface area contributed by atoms with Gasteiger partial charge in [-0.3, -0.25) is 9.59 Å². The highest BCUT2D eigenvalue weighted by atomic mass is 16.5. The number of fused-ring (bicyclic) bond motifs is 1. The fourth-order valence-corrected chi connectivity index (χ4v) is 3.39. The Balaban J connectivity index is 1.39. The maximum Gasteiger partial charge on any atom is 0.265 e. The van der Waals surface area contributed by atoms with Crippen LogP contribution in [-0.4, -0.2) is 24.5 Å². The number of nitrogens with zero attached hydrogens (tertiary/aromatic N) is 1. The summed E-state index contributed by atoms with van der Waals surface area (Å²) in [6, 6.07) is 21.1. The molecule has 1 heterocycles. The van der Waals surface area contributed by atoms with Gasteiger partial charge in [-0.05, 0) is 60.5 Å². The van der Waals surface area contributed by atoms with E-state index in [4.69, 9.17) is 4.74 Å². The van der Waals surface area contributed by atoms with E-state index >= 15 is 0 Å². The van der Waals surface area contributed by atoms with E-state index in [1.807, 2.05) is 66.7 Å². The molecular formula is C23H22N2O3. The summed E-state index contributed by atoms with van der Waals surface area (Å²) in [4.78, 5) is 26.1. The van der Waals surface area contributed by atoms with Crippen LogP contribution in [0.2, 0.25) is 0 Å². The van der Waals surface area contributed by atoms with E-state index in [0.29, 0.717) is 17.9 Å². The first-order chi connectivity index (χ1) is 13.6. The molecule has 0 bridgehead atoms. The van der Waals surface area contributed by atoms with Gasteiger partial charge in [0.15, 0.2) is 6.10 Å². The van der Waals surface area contributed by atoms with E-state index in [1.54, 1.807) is 11.8 Å². The quantitative estimate of drug-likeness (QED) is 0.721. The first-order valence-corrected chi connectivity index (χ1v) is 9.47. The molecule has 1 aliphatic heterocycles. The molecule has 1 fully saturated rings. The Kier molecular flexibility index (Phi) is 4.98. The summed E-state index contributed by atoms with van der Waals surface area (Å²) in [7, 11) is 0. The minimum absolute atomic E-state index is 0.147. The van der Waals surface area contributed by atoms with Crippen LogP contribution in [0.5, 0.6) is 5.75 Å². The Hall–Kier alpha value is -3.34. The number of hydrogen-bond donors (Lipinski definition) is 1. The van der Waals surface area contributed by atoms with Gasteiger partial charge in [0.25, 0.3) is 5.91 Å². The number of hydrogen-bond acceptors (Lipinski definition) is 3. The smallest absolute Gasteiger partial charge is 0.265 e. The molecular weight excluding hydrogens is 352 g/mol. The monoisotopic (exact) mass is 374 g/mol. The summed E-state index contributed by atoms with van der Waals surface area (Å²) in [5, 5.41) is 5.06. The molecule has 1 N–H and O–H groups in total. The van der Waals surface area contributed by atoms with E-state index in [1.165, 1.54) is 0 Å². The van der Waals surface area contributed by atoms with E-state index in [2.05, 4.69) is 5.32 Å². The summed E-state index contributed by atoms with van der Waals surface area (Å²) in [5.41, 5.74) is 1.54. The van der Waals surface area contributed by atoms with Gasteiger partial charge in [-0.1, -0.05) is 30.3 Å². The van der Waals surface area contributed by atoms with Gasteiger partial charge < -0.3 is 15.0 Å². The summed E-state index contributed by atoms with van der Waals surface area (Å²) in [6.45, 7) is 2.48. The molecule has 3 aromatic rings. The number of carbonyl (C=O) groups excluding carboxylic acids is 2. The molecule has 4 rings (SSSR count). The Morgan fingerprint density at radius 2 is 1.79 bits per heavy atom. The molecule has 1 aliphatic rings. The zero-order valence-electron chi connectivity index (χ0n) is 15.7. The normalized spacial score (nSPS) is 14.9. The van der Waals surface area contributed by atoms with Crippen molar-refractivity contribution in [3.05, 3.63) is 66.7 Å².